The largest absolute Gasteiger partial charge is 0.309 e. The Hall–Kier alpha value is -6.88. The zero-order valence-corrected chi connectivity index (χ0v) is 25.8. The van der Waals surface area contributed by atoms with E-state index in [9.17, 15) is 10.5 Å². The average molecular weight is 611 g/mol. The SMILES string of the molecule is N#Cc1ccc(-c2cccc(-c3cc(-n4c5ccccc5c5ccccc54)cc(-n4c5ccccc5c5cc(C#N)ccc54)c3)c2)cc1. The molecule has 0 N–H and O–H groups in total. The van der Waals surface area contributed by atoms with Crippen LogP contribution >= 0.6 is 0 Å². The number of aromatic nitrogens is 2. The smallest absolute Gasteiger partial charge is 0.0991 e. The molecule has 0 fully saturated rings. The standard InChI is InChI=1S/C44H26N4/c45-27-29-16-19-31(20-17-29)32-8-7-9-33(23-32)34-24-35(47-41-13-4-1-10-37(41)38-11-2-5-14-42(38)47)26-36(25-34)48-43-15-6-3-12-39(43)40-22-30(28-46)18-21-44(40)48/h1-26H. The van der Waals surface area contributed by atoms with E-state index in [-0.39, 0.29) is 0 Å². The Bertz CT molecular complexity index is 2750. The second kappa shape index (κ2) is 10.9. The van der Waals surface area contributed by atoms with Crippen molar-refractivity contribution in [3.63, 3.8) is 0 Å². The van der Waals surface area contributed by atoms with Gasteiger partial charge in [0.15, 0.2) is 0 Å². The molecular formula is C44H26N4. The molecule has 0 aliphatic heterocycles. The number of hydrogen-bond donors (Lipinski definition) is 0. The molecule has 9 aromatic rings. The lowest BCUT2D eigenvalue weighted by atomic mass is 9.97. The van der Waals surface area contributed by atoms with E-state index in [2.05, 4.69) is 143 Å². The Kier molecular flexibility index (Phi) is 6.22. The Morgan fingerprint density at radius 3 is 1.38 bits per heavy atom. The first kappa shape index (κ1) is 27.4. The summed E-state index contributed by atoms with van der Waals surface area (Å²) in [6, 6.07) is 59.2. The van der Waals surface area contributed by atoms with E-state index in [1.807, 2.05) is 36.4 Å². The molecule has 4 nitrogen and oxygen atoms in total. The predicted octanol–water partition coefficient (Wildman–Crippen LogP) is 11.0. The highest BCUT2D eigenvalue weighted by Gasteiger charge is 2.18. The summed E-state index contributed by atoms with van der Waals surface area (Å²) in [5.74, 6) is 0. The van der Waals surface area contributed by atoms with E-state index in [1.54, 1.807) is 0 Å². The van der Waals surface area contributed by atoms with Crippen LogP contribution in [0.1, 0.15) is 11.1 Å². The molecule has 2 aromatic heterocycles. The maximum atomic E-state index is 9.73. The van der Waals surface area contributed by atoms with Gasteiger partial charge in [-0.25, -0.2) is 0 Å². The Morgan fingerprint density at radius 1 is 0.333 bits per heavy atom. The van der Waals surface area contributed by atoms with Gasteiger partial charge in [0.05, 0.1) is 45.3 Å². The van der Waals surface area contributed by atoms with Gasteiger partial charge >= 0.3 is 0 Å². The zero-order valence-electron chi connectivity index (χ0n) is 25.8. The minimum atomic E-state index is 0.643. The van der Waals surface area contributed by atoms with Crippen LogP contribution in [0.15, 0.2) is 158 Å². The molecule has 0 spiro atoms. The van der Waals surface area contributed by atoms with E-state index < -0.39 is 0 Å². The number of nitrogens with zero attached hydrogens (tertiary/aromatic N) is 4. The van der Waals surface area contributed by atoms with Crippen LogP contribution in [0, 0.1) is 22.7 Å². The first-order valence-electron chi connectivity index (χ1n) is 15.9. The first-order valence-corrected chi connectivity index (χ1v) is 15.9. The lowest BCUT2D eigenvalue weighted by molar-refractivity contribution is 1.13. The van der Waals surface area contributed by atoms with Gasteiger partial charge < -0.3 is 9.13 Å². The van der Waals surface area contributed by atoms with Crippen molar-refractivity contribution in [2.75, 3.05) is 0 Å². The van der Waals surface area contributed by atoms with Crippen molar-refractivity contribution < 1.29 is 0 Å². The van der Waals surface area contributed by atoms with Crippen molar-refractivity contribution in [1.82, 2.24) is 9.13 Å². The molecule has 0 amide bonds. The fraction of sp³-hybridized carbons (Fsp3) is 0. The number of benzene rings is 7. The highest BCUT2D eigenvalue weighted by molar-refractivity contribution is 6.11. The van der Waals surface area contributed by atoms with E-state index in [0.717, 1.165) is 66.5 Å². The summed E-state index contributed by atoms with van der Waals surface area (Å²) in [6.45, 7) is 0. The van der Waals surface area contributed by atoms with E-state index in [1.165, 1.54) is 10.8 Å². The topological polar surface area (TPSA) is 57.4 Å². The van der Waals surface area contributed by atoms with E-state index in [0.29, 0.717) is 11.1 Å². The van der Waals surface area contributed by atoms with E-state index >= 15 is 0 Å². The lowest BCUT2D eigenvalue weighted by Gasteiger charge is -2.16. The number of para-hydroxylation sites is 3. The summed E-state index contributed by atoms with van der Waals surface area (Å²) in [7, 11) is 0. The molecule has 48 heavy (non-hydrogen) atoms. The molecule has 2 heterocycles. The first-order chi connectivity index (χ1) is 23.7. The molecule has 4 heteroatoms. The van der Waals surface area contributed by atoms with Crippen molar-refractivity contribution >= 4 is 43.6 Å². The molecule has 0 aliphatic rings. The zero-order chi connectivity index (χ0) is 32.2. The maximum Gasteiger partial charge on any atom is 0.0991 e. The van der Waals surface area contributed by atoms with Crippen molar-refractivity contribution in [3.05, 3.63) is 169 Å². The summed E-state index contributed by atoms with van der Waals surface area (Å²) >= 11 is 0. The van der Waals surface area contributed by atoms with Gasteiger partial charge in [-0.1, -0.05) is 84.9 Å². The average Bonchev–Trinajstić information content (AvgIpc) is 3.67. The van der Waals surface area contributed by atoms with Crippen LogP contribution in [-0.4, -0.2) is 9.13 Å². The molecule has 0 radical (unpaired) electrons. The van der Waals surface area contributed by atoms with Crippen molar-refractivity contribution in [2.24, 2.45) is 0 Å². The van der Waals surface area contributed by atoms with Crippen LogP contribution in [0.4, 0.5) is 0 Å². The van der Waals surface area contributed by atoms with Gasteiger partial charge in [-0.15, -0.1) is 0 Å². The van der Waals surface area contributed by atoms with Gasteiger partial charge in [0.2, 0.25) is 0 Å². The molecule has 7 aromatic carbocycles. The number of rotatable bonds is 4. The van der Waals surface area contributed by atoms with Gasteiger partial charge in [-0.3, -0.25) is 0 Å². The third kappa shape index (κ3) is 4.29. The number of nitriles is 2. The normalized spacial score (nSPS) is 11.3. The predicted molar refractivity (Wildman–Crippen MR) is 195 cm³/mol. The van der Waals surface area contributed by atoms with Gasteiger partial charge in [-0.2, -0.15) is 10.5 Å². The Labute approximate surface area is 277 Å². The second-order valence-corrected chi connectivity index (χ2v) is 12.1. The summed E-state index contributed by atoms with van der Waals surface area (Å²) in [4.78, 5) is 0. The monoisotopic (exact) mass is 610 g/mol. The summed E-state index contributed by atoms with van der Waals surface area (Å²) in [6.07, 6.45) is 0. The molecule has 0 saturated carbocycles. The number of hydrogen-bond acceptors (Lipinski definition) is 2. The van der Waals surface area contributed by atoms with Crippen LogP contribution in [0.5, 0.6) is 0 Å². The minimum Gasteiger partial charge on any atom is -0.309 e. The maximum absolute atomic E-state index is 9.73. The Balaban J connectivity index is 1.35. The van der Waals surface area contributed by atoms with Crippen molar-refractivity contribution in [2.45, 2.75) is 0 Å². The second-order valence-electron chi connectivity index (χ2n) is 12.1. The molecule has 0 atom stereocenters. The van der Waals surface area contributed by atoms with Crippen LogP contribution in [0.3, 0.4) is 0 Å². The minimum absolute atomic E-state index is 0.643. The van der Waals surface area contributed by atoms with Crippen LogP contribution in [-0.2, 0) is 0 Å². The third-order valence-electron chi connectivity index (χ3n) is 9.34. The molecule has 0 unspecified atom stereocenters. The lowest BCUT2D eigenvalue weighted by Crippen LogP contribution is -2.00. The summed E-state index contributed by atoms with van der Waals surface area (Å²) in [5.41, 5.74) is 12.1. The van der Waals surface area contributed by atoms with Gasteiger partial charge in [0, 0.05) is 32.9 Å². The van der Waals surface area contributed by atoms with Crippen LogP contribution < -0.4 is 0 Å². The molecule has 222 valence electrons. The molecule has 9 rings (SSSR count). The molecule has 0 aliphatic carbocycles. The molecule has 0 bridgehead atoms. The third-order valence-corrected chi connectivity index (χ3v) is 9.34. The number of fused-ring (bicyclic) bond motifs is 6. The van der Waals surface area contributed by atoms with E-state index in [4.69, 9.17) is 0 Å². The van der Waals surface area contributed by atoms with Gasteiger partial charge in [-0.05, 0) is 95.1 Å². The van der Waals surface area contributed by atoms with Gasteiger partial charge in [0.25, 0.3) is 0 Å². The van der Waals surface area contributed by atoms with Crippen molar-refractivity contribution in [1.29, 1.82) is 10.5 Å². The summed E-state index contributed by atoms with van der Waals surface area (Å²) < 4.78 is 4.68. The van der Waals surface area contributed by atoms with Crippen LogP contribution in [0.25, 0.3) is 77.2 Å². The Morgan fingerprint density at radius 2 is 0.812 bits per heavy atom. The molecular weight excluding hydrogens is 585 g/mol. The molecule has 0 saturated heterocycles. The fourth-order valence-electron chi connectivity index (χ4n) is 7.16. The van der Waals surface area contributed by atoms with Crippen LogP contribution in [0.2, 0.25) is 0 Å². The quantitative estimate of drug-likeness (QED) is 0.199. The fourth-order valence-corrected chi connectivity index (χ4v) is 7.16. The summed E-state index contributed by atoms with van der Waals surface area (Å²) in [5, 5.41) is 23.6. The van der Waals surface area contributed by atoms with Crippen molar-refractivity contribution in [3.8, 4) is 45.8 Å². The highest BCUT2D eigenvalue weighted by Crippen LogP contribution is 2.38. The van der Waals surface area contributed by atoms with Gasteiger partial charge in [0.1, 0.15) is 0 Å². The highest BCUT2D eigenvalue weighted by atomic mass is 15.0.